The molecule has 1 amide bonds. The predicted molar refractivity (Wildman–Crippen MR) is 55.6 cm³/mol. The number of rotatable bonds is 3. The van der Waals surface area contributed by atoms with Gasteiger partial charge in [0.1, 0.15) is 5.25 Å². The summed E-state index contributed by atoms with van der Waals surface area (Å²) in [7, 11) is -3.63. The molecular formula is C9H12N2O4S. The van der Waals surface area contributed by atoms with Crippen molar-refractivity contribution in [2.75, 3.05) is 6.54 Å². The maximum Gasteiger partial charge on any atom is 0.224 e. The first-order chi connectivity index (χ1) is 7.47. The van der Waals surface area contributed by atoms with E-state index in [1.165, 1.54) is 17.4 Å². The highest BCUT2D eigenvalue weighted by molar-refractivity contribution is 7.89. The molecule has 0 aromatic carbocycles. The Bertz CT molecular complexity index is 480. The summed E-state index contributed by atoms with van der Waals surface area (Å²) in [5.41, 5.74) is 0.836. The Hall–Kier alpha value is -1.34. The third-order valence-corrected chi connectivity index (χ3v) is 3.84. The Morgan fingerprint density at radius 3 is 2.81 bits per heavy atom. The lowest BCUT2D eigenvalue weighted by Crippen LogP contribution is -2.31. The van der Waals surface area contributed by atoms with Crippen molar-refractivity contribution in [1.29, 1.82) is 0 Å². The average molecular weight is 244 g/mol. The Morgan fingerprint density at radius 1 is 1.56 bits per heavy atom. The molecule has 2 rings (SSSR count). The Balaban J connectivity index is 2.06. The summed E-state index contributed by atoms with van der Waals surface area (Å²) in [6.07, 6.45) is 3.00. The van der Waals surface area contributed by atoms with Crippen molar-refractivity contribution in [1.82, 2.24) is 4.90 Å². The molecule has 0 radical (unpaired) electrons. The Morgan fingerprint density at radius 2 is 2.31 bits per heavy atom. The molecular weight excluding hydrogens is 232 g/mol. The van der Waals surface area contributed by atoms with E-state index in [0.717, 1.165) is 5.56 Å². The second-order valence-corrected chi connectivity index (χ2v) is 5.67. The topological polar surface area (TPSA) is 93.6 Å². The van der Waals surface area contributed by atoms with Crippen LogP contribution in [0.2, 0.25) is 0 Å². The van der Waals surface area contributed by atoms with Crippen molar-refractivity contribution in [3.05, 3.63) is 24.2 Å². The van der Waals surface area contributed by atoms with Crippen LogP contribution < -0.4 is 5.14 Å². The lowest BCUT2D eigenvalue weighted by molar-refractivity contribution is -0.128. The normalized spacial score (nSPS) is 21.7. The minimum atomic E-state index is -3.63. The van der Waals surface area contributed by atoms with Gasteiger partial charge in [-0.25, -0.2) is 13.6 Å². The largest absolute Gasteiger partial charge is 0.472 e. The molecule has 1 atom stereocenters. The van der Waals surface area contributed by atoms with Gasteiger partial charge >= 0.3 is 0 Å². The molecule has 1 unspecified atom stereocenters. The van der Waals surface area contributed by atoms with E-state index in [4.69, 9.17) is 9.56 Å². The van der Waals surface area contributed by atoms with E-state index in [0.29, 0.717) is 6.54 Å². The van der Waals surface area contributed by atoms with Crippen LogP contribution >= 0.6 is 0 Å². The van der Waals surface area contributed by atoms with Crippen molar-refractivity contribution < 1.29 is 17.6 Å². The van der Waals surface area contributed by atoms with Crippen LogP contribution in [0, 0.1) is 0 Å². The van der Waals surface area contributed by atoms with Gasteiger partial charge in [0.2, 0.25) is 15.9 Å². The van der Waals surface area contributed by atoms with Gasteiger partial charge in [-0.15, -0.1) is 0 Å². The van der Waals surface area contributed by atoms with Crippen LogP contribution in [-0.2, 0) is 21.4 Å². The molecule has 6 nitrogen and oxygen atoms in total. The first-order valence-electron chi connectivity index (χ1n) is 4.77. The standard InChI is InChI=1S/C9H12N2O4S/c10-16(13,14)8-3-9(12)11(5-8)4-7-1-2-15-6-7/h1-2,6,8H,3-5H2,(H2,10,13,14). The fourth-order valence-electron chi connectivity index (χ4n) is 1.71. The zero-order valence-corrected chi connectivity index (χ0v) is 9.31. The summed E-state index contributed by atoms with van der Waals surface area (Å²) in [5, 5.41) is 4.23. The van der Waals surface area contributed by atoms with Crippen molar-refractivity contribution in [3.8, 4) is 0 Å². The summed E-state index contributed by atoms with van der Waals surface area (Å²) < 4.78 is 27.1. The molecule has 0 saturated carbocycles. The van der Waals surface area contributed by atoms with Gasteiger partial charge in [0, 0.05) is 25.1 Å². The Labute approximate surface area is 93.1 Å². The number of nitrogens with zero attached hydrogens (tertiary/aromatic N) is 1. The molecule has 0 spiro atoms. The van der Waals surface area contributed by atoms with Gasteiger partial charge in [-0.2, -0.15) is 0 Å². The highest BCUT2D eigenvalue weighted by atomic mass is 32.2. The SMILES string of the molecule is NS(=O)(=O)C1CC(=O)N(Cc2ccoc2)C1. The minimum Gasteiger partial charge on any atom is -0.472 e. The molecule has 1 aliphatic heterocycles. The van der Waals surface area contributed by atoms with E-state index in [1.807, 2.05) is 0 Å². The molecule has 1 saturated heterocycles. The molecule has 7 heteroatoms. The number of hydrogen-bond acceptors (Lipinski definition) is 4. The molecule has 1 fully saturated rings. The third kappa shape index (κ3) is 2.25. The van der Waals surface area contributed by atoms with Crippen LogP contribution in [0.15, 0.2) is 23.0 Å². The number of furan rings is 1. The summed E-state index contributed by atoms with van der Waals surface area (Å²) in [4.78, 5) is 13.0. The number of hydrogen-bond donors (Lipinski definition) is 1. The fraction of sp³-hybridized carbons (Fsp3) is 0.444. The number of likely N-dealkylation sites (tertiary alicyclic amines) is 1. The highest BCUT2D eigenvalue weighted by Gasteiger charge is 2.36. The van der Waals surface area contributed by atoms with Gasteiger partial charge < -0.3 is 9.32 Å². The smallest absolute Gasteiger partial charge is 0.224 e. The molecule has 0 aliphatic carbocycles. The van der Waals surface area contributed by atoms with Gasteiger partial charge in [-0.3, -0.25) is 4.79 Å². The molecule has 0 bridgehead atoms. The van der Waals surface area contributed by atoms with E-state index in [9.17, 15) is 13.2 Å². The van der Waals surface area contributed by atoms with E-state index >= 15 is 0 Å². The first kappa shape index (κ1) is 11.2. The molecule has 2 N–H and O–H groups in total. The monoisotopic (exact) mass is 244 g/mol. The highest BCUT2D eigenvalue weighted by Crippen LogP contribution is 2.19. The molecule has 1 aromatic heterocycles. The number of sulfonamides is 1. The van der Waals surface area contributed by atoms with Gasteiger partial charge in [-0.05, 0) is 6.07 Å². The quantitative estimate of drug-likeness (QED) is 0.787. The van der Waals surface area contributed by atoms with E-state index in [1.54, 1.807) is 6.07 Å². The lowest BCUT2D eigenvalue weighted by Gasteiger charge is -2.14. The Kier molecular flexibility index (Phi) is 2.73. The first-order valence-corrected chi connectivity index (χ1v) is 6.38. The van der Waals surface area contributed by atoms with Crippen LogP contribution in [0.1, 0.15) is 12.0 Å². The molecule has 16 heavy (non-hydrogen) atoms. The van der Waals surface area contributed by atoms with E-state index in [2.05, 4.69) is 0 Å². The second kappa shape index (κ2) is 3.91. The van der Waals surface area contributed by atoms with Crippen LogP contribution in [0.5, 0.6) is 0 Å². The van der Waals surface area contributed by atoms with Crippen LogP contribution in [0.3, 0.4) is 0 Å². The zero-order valence-electron chi connectivity index (χ0n) is 8.50. The van der Waals surface area contributed by atoms with E-state index in [-0.39, 0.29) is 18.9 Å². The van der Waals surface area contributed by atoms with Crippen LogP contribution in [0.25, 0.3) is 0 Å². The van der Waals surface area contributed by atoms with Gasteiger partial charge in [0.15, 0.2) is 0 Å². The fourth-order valence-corrected chi connectivity index (χ4v) is 2.47. The van der Waals surface area contributed by atoms with Crippen molar-refractivity contribution in [2.45, 2.75) is 18.2 Å². The molecule has 1 aromatic rings. The number of nitrogens with two attached hydrogens (primary N) is 1. The predicted octanol–water partition coefficient (Wildman–Crippen LogP) is -0.331. The summed E-state index contributed by atoms with van der Waals surface area (Å²) in [6, 6.07) is 1.73. The second-order valence-electron chi connectivity index (χ2n) is 3.82. The number of carbonyl (C=O) groups excluding carboxylic acids is 1. The molecule has 2 heterocycles. The average Bonchev–Trinajstić information content (AvgIpc) is 2.76. The number of primary sulfonamides is 1. The van der Waals surface area contributed by atoms with Crippen LogP contribution in [-0.4, -0.2) is 31.0 Å². The number of amides is 1. The van der Waals surface area contributed by atoms with Gasteiger partial charge in [0.25, 0.3) is 0 Å². The summed E-state index contributed by atoms with van der Waals surface area (Å²) in [6.45, 7) is 0.518. The van der Waals surface area contributed by atoms with Crippen molar-refractivity contribution >= 4 is 15.9 Å². The zero-order chi connectivity index (χ0) is 11.8. The van der Waals surface area contributed by atoms with Gasteiger partial charge in [0.05, 0.1) is 12.5 Å². The van der Waals surface area contributed by atoms with Crippen LogP contribution in [0.4, 0.5) is 0 Å². The number of carbonyl (C=O) groups is 1. The summed E-state index contributed by atoms with van der Waals surface area (Å²) >= 11 is 0. The molecule has 88 valence electrons. The summed E-state index contributed by atoms with van der Waals surface area (Å²) in [5.74, 6) is -0.194. The molecule has 1 aliphatic rings. The van der Waals surface area contributed by atoms with Gasteiger partial charge in [-0.1, -0.05) is 0 Å². The third-order valence-electron chi connectivity index (χ3n) is 2.60. The maximum atomic E-state index is 11.5. The lowest BCUT2D eigenvalue weighted by atomic mass is 10.3. The van der Waals surface area contributed by atoms with Crippen molar-refractivity contribution in [3.63, 3.8) is 0 Å². The minimum absolute atomic E-state index is 0.0311. The maximum absolute atomic E-state index is 11.5. The van der Waals surface area contributed by atoms with E-state index < -0.39 is 15.3 Å². The van der Waals surface area contributed by atoms with Crippen molar-refractivity contribution in [2.24, 2.45) is 5.14 Å².